The Balaban J connectivity index is 0.990. The van der Waals surface area contributed by atoms with Crippen LogP contribution in [0, 0.1) is 44.3 Å². The molecule has 0 aromatic carbocycles. The van der Waals surface area contributed by atoms with E-state index in [1.54, 1.807) is 0 Å². The first-order valence-corrected chi connectivity index (χ1v) is 24.6. The molecule has 4 saturated carbocycles. The van der Waals surface area contributed by atoms with Crippen LogP contribution >= 0.6 is 0 Å². The van der Waals surface area contributed by atoms with Crippen molar-refractivity contribution in [3.05, 3.63) is 11.1 Å². The molecule has 5 rings (SSSR count). The van der Waals surface area contributed by atoms with Crippen LogP contribution in [0.4, 0.5) is 0 Å². The first-order valence-electron chi connectivity index (χ1n) is 24.6. The van der Waals surface area contributed by atoms with Crippen molar-refractivity contribution in [2.24, 2.45) is 44.3 Å². The van der Waals surface area contributed by atoms with E-state index >= 15 is 0 Å². The average Bonchev–Trinajstić information content (AvgIpc) is 3.11. The van der Waals surface area contributed by atoms with Crippen LogP contribution in [0.2, 0.25) is 0 Å². The minimum Gasteiger partial charge on any atom is -0.462 e. The Hall–Kier alpha value is -0.790. The summed E-state index contributed by atoms with van der Waals surface area (Å²) < 4.78 is 6.45. The molecule has 0 bridgehead atoms. The highest BCUT2D eigenvalue weighted by atomic mass is 16.5. The number of rotatable bonds is 21. The van der Waals surface area contributed by atoms with Crippen LogP contribution in [-0.4, -0.2) is 12.1 Å². The fourth-order valence-corrected chi connectivity index (χ4v) is 14.3. The van der Waals surface area contributed by atoms with Crippen LogP contribution in [0.5, 0.6) is 0 Å². The van der Waals surface area contributed by atoms with Gasteiger partial charge in [0.2, 0.25) is 0 Å². The molecule has 2 nitrogen and oxygen atoms in total. The van der Waals surface area contributed by atoms with Gasteiger partial charge in [0.05, 0.1) is 0 Å². The molecule has 0 amide bonds. The lowest BCUT2D eigenvalue weighted by Crippen LogP contribution is -2.64. The van der Waals surface area contributed by atoms with E-state index in [2.05, 4.69) is 62.3 Å². The van der Waals surface area contributed by atoms with Crippen LogP contribution in [0.3, 0.4) is 0 Å². The van der Waals surface area contributed by atoms with E-state index in [1.165, 1.54) is 180 Å². The van der Waals surface area contributed by atoms with Gasteiger partial charge in [-0.15, -0.1) is 0 Å². The highest BCUT2D eigenvalue weighted by molar-refractivity contribution is 5.69. The number of unbranched alkanes of at least 4 members (excludes halogenated alkanes) is 18. The van der Waals surface area contributed by atoms with E-state index in [1.807, 2.05) is 11.1 Å². The second kappa shape index (κ2) is 18.9. The van der Waals surface area contributed by atoms with Crippen molar-refractivity contribution >= 4 is 5.97 Å². The topological polar surface area (TPSA) is 26.3 Å². The maximum atomic E-state index is 13.3. The van der Waals surface area contributed by atoms with Crippen LogP contribution in [0.15, 0.2) is 11.1 Å². The van der Waals surface area contributed by atoms with E-state index < -0.39 is 0 Å². The summed E-state index contributed by atoms with van der Waals surface area (Å²) in [5.41, 5.74) is 5.80. The third-order valence-corrected chi connectivity index (χ3v) is 18.1. The number of allylic oxidation sites excluding steroid dienone is 2. The summed E-state index contributed by atoms with van der Waals surface area (Å²) in [5, 5.41) is 0. The third-order valence-electron chi connectivity index (χ3n) is 18.1. The summed E-state index contributed by atoms with van der Waals surface area (Å²) in [6.45, 7) is 23.1. The number of ether oxygens (including phenoxy) is 1. The molecular weight excluding hydrogens is 657 g/mol. The van der Waals surface area contributed by atoms with E-state index in [0.29, 0.717) is 39.4 Å². The van der Waals surface area contributed by atoms with Crippen molar-refractivity contribution in [1.29, 1.82) is 0 Å². The normalized spacial score (nSPS) is 35.5. The Kier molecular flexibility index (Phi) is 15.5. The second-order valence-corrected chi connectivity index (χ2v) is 22.7. The summed E-state index contributed by atoms with van der Waals surface area (Å²) in [4.78, 5) is 13.3. The summed E-state index contributed by atoms with van der Waals surface area (Å²) >= 11 is 0. The number of esters is 1. The van der Waals surface area contributed by atoms with Gasteiger partial charge in [0, 0.05) is 11.8 Å². The van der Waals surface area contributed by atoms with Crippen molar-refractivity contribution in [3.63, 3.8) is 0 Å². The summed E-state index contributed by atoms with van der Waals surface area (Å²) in [6, 6.07) is 0. The fraction of sp³-hybridized carbons (Fsp3) is 0.942. The third kappa shape index (κ3) is 9.73. The van der Waals surface area contributed by atoms with Crippen molar-refractivity contribution in [2.45, 2.75) is 267 Å². The smallest absolute Gasteiger partial charge is 0.306 e. The van der Waals surface area contributed by atoms with Crippen LogP contribution in [0.25, 0.3) is 0 Å². The maximum Gasteiger partial charge on any atom is 0.306 e. The molecule has 312 valence electrons. The van der Waals surface area contributed by atoms with Crippen molar-refractivity contribution in [1.82, 2.24) is 0 Å². The molecule has 2 heteroatoms. The molecule has 0 heterocycles. The highest BCUT2D eigenvalue weighted by Gasteiger charge is 2.67. The molecule has 0 radical (unpaired) electrons. The predicted molar refractivity (Wildman–Crippen MR) is 233 cm³/mol. The summed E-state index contributed by atoms with van der Waals surface area (Å²) in [6.07, 6.45) is 41.4. The van der Waals surface area contributed by atoms with E-state index in [9.17, 15) is 4.79 Å². The summed E-state index contributed by atoms with van der Waals surface area (Å²) in [5.74, 6) is 1.47. The lowest BCUT2D eigenvalue weighted by atomic mass is 9.34. The largest absolute Gasteiger partial charge is 0.462 e. The molecular formula is C52H92O2. The lowest BCUT2D eigenvalue weighted by Gasteiger charge is -2.71. The van der Waals surface area contributed by atoms with E-state index in [4.69, 9.17) is 4.74 Å². The van der Waals surface area contributed by atoms with Crippen LogP contribution < -0.4 is 0 Å². The van der Waals surface area contributed by atoms with E-state index in [-0.39, 0.29) is 17.5 Å². The van der Waals surface area contributed by atoms with Crippen molar-refractivity contribution < 1.29 is 9.53 Å². The fourth-order valence-electron chi connectivity index (χ4n) is 14.3. The molecule has 0 N–H and O–H groups in total. The van der Waals surface area contributed by atoms with Gasteiger partial charge in [0.1, 0.15) is 6.10 Å². The highest BCUT2D eigenvalue weighted by Crippen LogP contribution is 2.75. The molecule has 5 aliphatic rings. The van der Waals surface area contributed by atoms with Gasteiger partial charge < -0.3 is 4.74 Å². The van der Waals surface area contributed by atoms with Gasteiger partial charge in [-0.2, -0.15) is 0 Å². The minimum atomic E-state index is 0.0374. The van der Waals surface area contributed by atoms with Crippen LogP contribution in [0.1, 0.15) is 261 Å². The quantitative estimate of drug-likeness (QED) is 0.0664. The standard InChI is InChI=1S/C52H92O2/c1-10-11-12-13-14-15-16-17-18-19-20-21-22-23-24-25-26-27-28-29-46(53)54-45-33-34-50(7)43(48(45,4)5)32-35-52(9)44(50)31-30-41-42-40-47(2,3)36-37-49(42,6)38-39-51(41,52)8/h43-45H,10-40H2,1-9H3/t43-,44+,45-,49+,50-,51+,52+/m0/s1. The zero-order chi connectivity index (χ0) is 39.1. The number of hydrogen-bond donors (Lipinski definition) is 0. The Bertz CT molecular complexity index is 1220. The minimum absolute atomic E-state index is 0.0374. The first-order chi connectivity index (χ1) is 25.6. The zero-order valence-corrected chi connectivity index (χ0v) is 38.0. The number of hydrogen-bond acceptors (Lipinski definition) is 2. The van der Waals surface area contributed by atoms with Crippen molar-refractivity contribution in [3.8, 4) is 0 Å². The SMILES string of the molecule is CCCCCCCCCCCCCCCCCCCCCC(=O)O[C@H]1CC[C@]2(C)[C@H]3CCC4=C5CC(C)(C)CC[C@]5(C)CC[C@@]4(C)[C@]3(C)CC[C@H]2C1(C)C. The van der Waals surface area contributed by atoms with E-state index in [0.717, 1.165) is 18.8 Å². The molecule has 5 aliphatic carbocycles. The van der Waals surface area contributed by atoms with Gasteiger partial charge in [-0.1, -0.05) is 189 Å². The zero-order valence-electron chi connectivity index (χ0n) is 38.0. The summed E-state index contributed by atoms with van der Waals surface area (Å²) in [7, 11) is 0. The number of fused-ring (bicyclic) bond motifs is 6. The number of carbonyl (C=O) groups is 1. The molecule has 0 saturated heterocycles. The second-order valence-electron chi connectivity index (χ2n) is 22.7. The van der Waals surface area contributed by atoms with Gasteiger partial charge in [-0.25, -0.2) is 0 Å². The average molecular weight is 749 g/mol. The molecule has 0 aromatic rings. The first kappa shape index (κ1) is 44.3. The molecule has 54 heavy (non-hydrogen) atoms. The Morgan fingerprint density at radius 2 is 1.07 bits per heavy atom. The predicted octanol–water partition coefficient (Wildman–Crippen LogP) is 16.7. The maximum absolute atomic E-state index is 13.3. The van der Waals surface area contributed by atoms with Gasteiger partial charge in [-0.05, 0) is 116 Å². The Labute approximate surface area is 337 Å². The van der Waals surface area contributed by atoms with Gasteiger partial charge in [0.15, 0.2) is 0 Å². The lowest BCUT2D eigenvalue weighted by molar-refractivity contribution is -0.214. The molecule has 7 atom stereocenters. The molecule has 0 unspecified atom stereocenters. The molecule has 4 fully saturated rings. The van der Waals surface area contributed by atoms with Crippen molar-refractivity contribution in [2.75, 3.05) is 0 Å². The van der Waals surface area contributed by atoms with Crippen LogP contribution in [-0.2, 0) is 9.53 Å². The Morgan fingerprint density at radius 3 is 1.63 bits per heavy atom. The molecule has 0 aliphatic heterocycles. The molecule has 0 aromatic heterocycles. The monoisotopic (exact) mass is 749 g/mol. The molecule has 0 spiro atoms. The van der Waals surface area contributed by atoms with Gasteiger partial charge in [-0.3, -0.25) is 4.79 Å². The number of carbonyl (C=O) groups excluding carboxylic acids is 1. The Morgan fingerprint density at radius 1 is 0.556 bits per heavy atom. The van der Waals surface area contributed by atoms with Gasteiger partial charge in [0.25, 0.3) is 0 Å². The van der Waals surface area contributed by atoms with Gasteiger partial charge >= 0.3 is 5.97 Å².